The van der Waals surface area contributed by atoms with Crippen molar-refractivity contribution >= 4 is 23.7 Å². The van der Waals surface area contributed by atoms with E-state index in [2.05, 4.69) is 44.7 Å². The van der Waals surface area contributed by atoms with E-state index < -0.39 is 11.8 Å². The summed E-state index contributed by atoms with van der Waals surface area (Å²) in [6, 6.07) is 16.9. The fourth-order valence-corrected chi connectivity index (χ4v) is 3.08. The maximum Gasteiger partial charge on any atom is 0.329 e. The van der Waals surface area contributed by atoms with E-state index in [1.54, 1.807) is 31.4 Å². The van der Waals surface area contributed by atoms with Crippen LogP contribution in [0.2, 0.25) is 0 Å². The SMILES string of the molecule is COc1ccc(NC(=O)C(=O)NN=Cc2cc(C)n(-c3ccc(C)cc3)c2C)cc1. The van der Waals surface area contributed by atoms with E-state index in [0.29, 0.717) is 11.4 Å². The zero-order chi connectivity index (χ0) is 21.7. The molecule has 0 aliphatic carbocycles. The Balaban J connectivity index is 1.64. The largest absolute Gasteiger partial charge is 0.497 e. The maximum absolute atomic E-state index is 12.0. The van der Waals surface area contributed by atoms with Gasteiger partial charge >= 0.3 is 11.8 Å². The molecule has 2 amide bonds. The number of methoxy groups -OCH3 is 1. The van der Waals surface area contributed by atoms with E-state index in [1.165, 1.54) is 11.8 Å². The number of nitrogens with zero attached hydrogens (tertiary/aromatic N) is 2. The Morgan fingerprint density at radius 1 is 0.967 bits per heavy atom. The number of ether oxygens (including phenoxy) is 1. The summed E-state index contributed by atoms with van der Waals surface area (Å²) in [7, 11) is 1.55. The molecule has 2 aromatic carbocycles. The average Bonchev–Trinajstić information content (AvgIpc) is 3.02. The summed E-state index contributed by atoms with van der Waals surface area (Å²) in [5.74, 6) is -0.998. The highest BCUT2D eigenvalue weighted by molar-refractivity contribution is 6.39. The first-order chi connectivity index (χ1) is 14.4. The van der Waals surface area contributed by atoms with Crippen LogP contribution in [0.3, 0.4) is 0 Å². The van der Waals surface area contributed by atoms with Gasteiger partial charge in [0.25, 0.3) is 0 Å². The van der Waals surface area contributed by atoms with E-state index in [0.717, 1.165) is 22.6 Å². The summed E-state index contributed by atoms with van der Waals surface area (Å²) < 4.78 is 7.17. The third-order valence-electron chi connectivity index (χ3n) is 4.69. The average molecular weight is 404 g/mol. The molecule has 3 rings (SSSR count). The summed E-state index contributed by atoms with van der Waals surface area (Å²) in [5, 5.41) is 6.44. The number of nitrogens with one attached hydrogen (secondary N) is 2. The zero-order valence-corrected chi connectivity index (χ0v) is 17.4. The molecule has 0 spiro atoms. The molecule has 0 aliphatic heterocycles. The maximum atomic E-state index is 12.0. The minimum atomic E-state index is -0.852. The van der Waals surface area contributed by atoms with E-state index in [-0.39, 0.29) is 0 Å². The summed E-state index contributed by atoms with van der Waals surface area (Å²) in [6.45, 7) is 6.03. The Bertz CT molecular complexity index is 1080. The molecule has 30 heavy (non-hydrogen) atoms. The third-order valence-corrected chi connectivity index (χ3v) is 4.69. The first-order valence-corrected chi connectivity index (χ1v) is 9.43. The molecule has 2 N–H and O–H groups in total. The van der Waals surface area contributed by atoms with Crippen molar-refractivity contribution in [2.24, 2.45) is 5.10 Å². The topological polar surface area (TPSA) is 84.7 Å². The highest BCUT2D eigenvalue weighted by Crippen LogP contribution is 2.20. The Morgan fingerprint density at radius 3 is 2.27 bits per heavy atom. The second-order valence-corrected chi connectivity index (χ2v) is 6.88. The summed E-state index contributed by atoms with van der Waals surface area (Å²) >= 11 is 0. The van der Waals surface area contributed by atoms with E-state index in [4.69, 9.17) is 4.74 Å². The van der Waals surface area contributed by atoms with Crippen LogP contribution in [0, 0.1) is 20.8 Å². The highest BCUT2D eigenvalue weighted by Gasteiger charge is 2.13. The predicted molar refractivity (Wildman–Crippen MR) is 117 cm³/mol. The lowest BCUT2D eigenvalue weighted by atomic mass is 10.2. The van der Waals surface area contributed by atoms with Crippen molar-refractivity contribution in [1.82, 2.24) is 9.99 Å². The second kappa shape index (κ2) is 9.09. The molecule has 0 atom stereocenters. The predicted octanol–water partition coefficient (Wildman–Crippen LogP) is 3.50. The highest BCUT2D eigenvalue weighted by atomic mass is 16.5. The molecule has 0 saturated carbocycles. The summed E-state index contributed by atoms with van der Waals surface area (Å²) in [6.07, 6.45) is 1.53. The fourth-order valence-electron chi connectivity index (χ4n) is 3.08. The molecule has 7 nitrogen and oxygen atoms in total. The van der Waals surface area contributed by atoms with Gasteiger partial charge in [-0.2, -0.15) is 5.10 Å². The molecule has 0 bridgehead atoms. The molecule has 1 aromatic heterocycles. The minimum absolute atomic E-state index is 0.488. The lowest BCUT2D eigenvalue weighted by molar-refractivity contribution is -0.136. The van der Waals surface area contributed by atoms with Gasteiger partial charge in [0.05, 0.1) is 13.3 Å². The van der Waals surface area contributed by atoms with Crippen molar-refractivity contribution in [3.8, 4) is 11.4 Å². The van der Waals surface area contributed by atoms with E-state index in [9.17, 15) is 9.59 Å². The van der Waals surface area contributed by atoms with Crippen LogP contribution in [-0.4, -0.2) is 29.7 Å². The molecule has 1 heterocycles. The first-order valence-electron chi connectivity index (χ1n) is 9.43. The molecule has 7 heteroatoms. The second-order valence-electron chi connectivity index (χ2n) is 6.88. The van der Waals surface area contributed by atoms with Gasteiger partial charge in [0.1, 0.15) is 5.75 Å². The minimum Gasteiger partial charge on any atom is -0.497 e. The van der Waals surface area contributed by atoms with Crippen LogP contribution >= 0.6 is 0 Å². The Labute approximate surface area is 175 Å². The lowest BCUT2D eigenvalue weighted by Gasteiger charge is -2.09. The number of aryl methyl sites for hydroxylation is 2. The number of carbonyl (C=O) groups excluding carboxylic acids is 2. The van der Waals surface area contributed by atoms with Gasteiger partial charge in [0.2, 0.25) is 0 Å². The number of rotatable bonds is 5. The normalized spacial score (nSPS) is 10.8. The van der Waals surface area contributed by atoms with Crippen molar-refractivity contribution in [1.29, 1.82) is 0 Å². The Morgan fingerprint density at radius 2 is 1.63 bits per heavy atom. The molecule has 3 aromatic rings. The van der Waals surface area contributed by atoms with Crippen molar-refractivity contribution in [3.05, 3.63) is 77.1 Å². The van der Waals surface area contributed by atoms with Crippen molar-refractivity contribution in [3.63, 3.8) is 0 Å². The number of anilines is 1. The van der Waals surface area contributed by atoms with Gasteiger partial charge in [-0.25, -0.2) is 5.43 Å². The zero-order valence-electron chi connectivity index (χ0n) is 17.4. The van der Waals surface area contributed by atoms with Gasteiger partial charge in [-0.05, 0) is 63.2 Å². The molecule has 154 valence electrons. The van der Waals surface area contributed by atoms with Gasteiger partial charge in [-0.3, -0.25) is 9.59 Å². The van der Waals surface area contributed by atoms with Gasteiger partial charge < -0.3 is 14.6 Å². The summed E-state index contributed by atoms with van der Waals surface area (Å²) in [5.41, 5.74) is 7.87. The Hall–Kier alpha value is -3.87. The number of hydrogen-bond donors (Lipinski definition) is 2. The van der Waals surface area contributed by atoms with Crippen molar-refractivity contribution in [2.45, 2.75) is 20.8 Å². The Kier molecular flexibility index (Phi) is 6.32. The van der Waals surface area contributed by atoms with Gasteiger partial charge in [-0.1, -0.05) is 17.7 Å². The lowest BCUT2D eigenvalue weighted by Crippen LogP contribution is -2.32. The van der Waals surface area contributed by atoms with Crippen LogP contribution in [0.15, 0.2) is 59.7 Å². The van der Waals surface area contributed by atoms with E-state index >= 15 is 0 Å². The van der Waals surface area contributed by atoms with Gasteiger partial charge in [0, 0.05) is 28.3 Å². The van der Waals surface area contributed by atoms with E-state index in [1.807, 2.05) is 26.8 Å². The van der Waals surface area contributed by atoms with Crippen LogP contribution < -0.4 is 15.5 Å². The molecular formula is C23H24N4O3. The number of benzene rings is 2. The van der Waals surface area contributed by atoms with Crippen molar-refractivity contribution < 1.29 is 14.3 Å². The standard InChI is InChI=1S/C23H24N4O3/c1-15-5-9-20(10-6-15)27-16(2)13-18(17(27)3)14-24-26-23(29)22(28)25-19-7-11-21(30-4)12-8-19/h5-14H,1-4H3,(H,25,28)(H,26,29). The van der Waals surface area contributed by atoms with Gasteiger partial charge in [0.15, 0.2) is 0 Å². The number of hydrazone groups is 1. The monoisotopic (exact) mass is 404 g/mol. The molecule has 0 fully saturated rings. The molecular weight excluding hydrogens is 380 g/mol. The van der Waals surface area contributed by atoms with Crippen LogP contribution in [0.5, 0.6) is 5.75 Å². The number of aromatic nitrogens is 1. The van der Waals surface area contributed by atoms with Crippen molar-refractivity contribution in [2.75, 3.05) is 12.4 Å². The summed E-state index contributed by atoms with van der Waals surface area (Å²) in [4.78, 5) is 24.0. The van der Waals surface area contributed by atoms with Crippen LogP contribution in [0.25, 0.3) is 5.69 Å². The van der Waals surface area contributed by atoms with Crippen LogP contribution in [-0.2, 0) is 9.59 Å². The number of hydrogen-bond acceptors (Lipinski definition) is 4. The van der Waals surface area contributed by atoms with Gasteiger partial charge in [-0.15, -0.1) is 0 Å². The molecule has 0 unspecified atom stereocenters. The molecule has 0 saturated heterocycles. The first kappa shape index (κ1) is 20.9. The molecule has 0 radical (unpaired) electrons. The van der Waals surface area contributed by atoms with Crippen LogP contribution in [0.4, 0.5) is 5.69 Å². The quantitative estimate of drug-likeness (QED) is 0.388. The smallest absolute Gasteiger partial charge is 0.329 e. The molecule has 0 aliphatic rings. The third kappa shape index (κ3) is 4.75. The number of carbonyl (C=O) groups is 2. The van der Waals surface area contributed by atoms with Crippen LogP contribution in [0.1, 0.15) is 22.5 Å². The number of amides is 2. The fraction of sp³-hybridized carbons (Fsp3) is 0.174.